The third-order valence-corrected chi connectivity index (χ3v) is 2.91. The molecule has 2 N–H and O–H groups in total. The number of rotatable bonds is 2. The number of hydrogen-bond donors (Lipinski definition) is 2. The van der Waals surface area contributed by atoms with Crippen molar-refractivity contribution in [1.29, 1.82) is 0 Å². The van der Waals surface area contributed by atoms with E-state index in [-0.39, 0.29) is 0 Å². The highest BCUT2D eigenvalue weighted by molar-refractivity contribution is 6.58. The minimum Gasteiger partial charge on any atom is -0.423 e. The maximum absolute atomic E-state index is 8.89. The fourth-order valence-electron chi connectivity index (χ4n) is 1.53. The summed E-state index contributed by atoms with van der Waals surface area (Å²) in [6.45, 7) is 2.23. The third kappa shape index (κ3) is 1.62. The fraction of sp³-hybridized carbons (Fsp3) is 0.400. The zero-order valence-electron chi connectivity index (χ0n) is 7.70. The Morgan fingerprint density at radius 3 is 2.08 bits per heavy atom. The van der Waals surface area contributed by atoms with Crippen LogP contribution >= 0.6 is 0 Å². The molecule has 3 heteroatoms. The van der Waals surface area contributed by atoms with Gasteiger partial charge in [-0.1, -0.05) is 31.2 Å². The van der Waals surface area contributed by atoms with Crippen molar-refractivity contribution in [3.63, 3.8) is 0 Å². The van der Waals surface area contributed by atoms with Gasteiger partial charge in [0.25, 0.3) is 0 Å². The van der Waals surface area contributed by atoms with Crippen LogP contribution in [0, 0.1) is 0 Å². The first kappa shape index (κ1) is 8.79. The molecule has 2 rings (SSSR count). The Bertz CT molecular complexity index is 301. The van der Waals surface area contributed by atoms with Gasteiger partial charge in [-0.3, -0.25) is 0 Å². The van der Waals surface area contributed by atoms with Crippen molar-refractivity contribution in [3.8, 4) is 0 Å². The monoisotopic (exact) mass is 176 g/mol. The van der Waals surface area contributed by atoms with E-state index in [1.807, 2.05) is 12.1 Å². The summed E-state index contributed by atoms with van der Waals surface area (Å²) < 4.78 is 0. The number of benzene rings is 1. The molecule has 1 aliphatic rings. The normalized spacial score (nSPS) is 18.4. The average molecular weight is 176 g/mol. The second-order valence-corrected chi connectivity index (χ2v) is 4.06. The molecular weight excluding hydrogens is 163 g/mol. The van der Waals surface area contributed by atoms with Crippen LogP contribution < -0.4 is 5.46 Å². The summed E-state index contributed by atoms with van der Waals surface area (Å²) in [5.74, 6) is 0. The fourth-order valence-corrected chi connectivity index (χ4v) is 1.53. The van der Waals surface area contributed by atoms with Gasteiger partial charge in [0.1, 0.15) is 0 Å². The molecule has 0 aliphatic heterocycles. The standard InChI is InChI=1S/C10H13BO2/c1-10(6-7-10)8-2-4-9(5-3-8)11(12)13/h2-5,12-13H,6-7H2,1H3. The van der Waals surface area contributed by atoms with E-state index >= 15 is 0 Å². The first-order valence-electron chi connectivity index (χ1n) is 4.58. The number of hydrogen-bond acceptors (Lipinski definition) is 2. The van der Waals surface area contributed by atoms with E-state index in [1.165, 1.54) is 18.4 Å². The van der Waals surface area contributed by atoms with Crippen LogP contribution in [0.4, 0.5) is 0 Å². The highest BCUT2D eigenvalue weighted by atomic mass is 16.4. The van der Waals surface area contributed by atoms with E-state index in [1.54, 1.807) is 12.1 Å². The minimum absolute atomic E-state index is 0.360. The van der Waals surface area contributed by atoms with Gasteiger partial charge in [-0.2, -0.15) is 0 Å². The van der Waals surface area contributed by atoms with Crippen LogP contribution in [0.5, 0.6) is 0 Å². The van der Waals surface area contributed by atoms with Gasteiger partial charge in [0.05, 0.1) is 0 Å². The van der Waals surface area contributed by atoms with Crippen molar-refractivity contribution < 1.29 is 10.0 Å². The Morgan fingerprint density at radius 2 is 1.69 bits per heavy atom. The molecule has 1 aromatic carbocycles. The molecule has 1 saturated carbocycles. The summed E-state index contributed by atoms with van der Waals surface area (Å²) in [5, 5.41) is 17.8. The predicted octanol–water partition coefficient (Wildman–Crippen LogP) is 0.418. The molecule has 0 saturated heterocycles. The zero-order chi connectivity index (χ0) is 9.47. The Balaban J connectivity index is 2.24. The van der Waals surface area contributed by atoms with Gasteiger partial charge in [0.15, 0.2) is 0 Å². The maximum Gasteiger partial charge on any atom is 0.488 e. The van der Waals surface area contributed by atoms with E-state index in [0.717, 1.165) is 0 Å². The Morgan fingerprint density at radius 1 is 1.15 bits per heavy atom. The van der Waals surface area contributed by atoms with Crippen molar-refractivity contribution in [2.24, 2.45) is 0 Å². The highest BCUT2D eigenvalue weighted by Crippen LogP contribution is 2.47. The molecule has 0 spiro atoms. The van der Waals surface area contributed by atoms with E-state index in [9.17, 15) is 0 Å². The molecule has 0 heterocycles. The van der Waals surface area contributed by atoms with Crippen LogP contribution in [0.2, 0.25) is 0 Å². The van der Waals surface area contributed by atoms with E-state index in [0.29, 0.717) is 10.9 Å². The van der Waals surface area contributed by atoms with Crippen molar-refractivity contribution in [2.45, 2.75) is 25.2 Å². The molecule has 13 heavy (non-hydrogen) atoms. The molecule has 0 atom stereocenters. The molecule has 0 unspecified atom stereocenters. The summed E-state index contributed by atoms with van der Waals surface area (Å²) in [4.78, 5) is 0. The van der Waals surface area contributed by atoms with Crippen LogP contribution in [-0.4, -0.2) is 17.2 Å². The van der Waals surface area contributed by atoms with E-state index < -0.39 is 7.12 Å². The Hall–Kier alpha value is -0.795. The molecule has 0 amide bonds. The minimum atomic E-state index is -1.35. The van der Waals surface area contributed by atoms with Gasteiger partial charge in [0, 0.05) is 0 Å². The maximum atomic E-state index is 8.89. The van der Waals surface area contributed by atoms with E-state index in [4.69, 9.17) is 10.0 Å². The zero-order valence-corrected chi connectivity index (χ0v) is 7.70. The van der Waals surface area contributed by atoms with Gasteiger partial charge < -0.3 is 10.0 Å². The quantitative estimate of drug-likeness (QED) is 0.641. The van der Waals surface area contributed by atoms with Gasteiger partial charge in [-0.05, 0) is 29.3 Å². The molecule has 0 radical (unpaired) electrons. The summed E-state index contributed by atoms with van der Waals surface area (Å²) in [6.07, 6.45) is 2.49. The lowest BCUT2D eigenvalue weighted by Gasteiger charge is -2.08. The van der Waals surface area contributed by atoms with Crippen molar-refractivity contribution in [2.75, 3.05) is 0 Å². The van der Waals surface area contributed by atoms with Gasteiger partial charge in [0.2, 0.25) is 0 Å². The van der Waals surface area contributed by atoms with Crippen LogP contribution in [0.25, 0.3) is 0 Å². The molecule has 1 aromatic rings. The lowest BCUT2D eigenvalue weighted by Crippen LogP contribution is -2.29. The van der Waals surface area contributed by atoms with Gasteiger partial charge in [-0.25, -0.2) is 0 Å². The van der Waals surface area contributed by atoms with Gasteiger partial charge >= 0.3 is 7.12 Å². The molecule has 1 aliphatic carbocycles. The SMILES string of the molecule is CC1(c2ccc(B(O)O)cc2)CC1. The van der Waals surface area contributed by atoms with Gasteiger partial charge in [-0.15, -0.1) is 0 Å². The lowest BCUT2D eigenvalue weighted by molar-refractivity contribution is 0.426. The highest BCUT2D eigenvalue weighted by Gasteiger charge is 2.38. The van der Waals surface area contributed by atoms with Crippen LogP contribution in [-0.2, 0) is 5.41 Å². The second kappa shape index (κ2) is 2.86. The molecule has 0 bridgehead atoms. The second-order valence-electron chi connectivity index (χ2n) is 4.06. The largest absolute Gasteiger partial charge is 0.488 e. The first-order chi connectivity index (χ1) is 6.12. The summed E-state index contributed by atoms with van der Waals surface area (Å²) in [5.41, 5.74) is 2.23. The average Bonchev–Trinajstić information content (AvgIpc) is 2.85. The van der Waals surface area contributed by atoms with Crippen LogP contribution in [0.15, 0.2) is 24.3 Å². The topological polar surface area (TPSA) is 40.5 Å². The molecule has 1 fully saturated rings. The van der Waals surface area contributed by atoms with Crippen LogP contribution in [0.3, 0.4) is 0 Å². The third-order valence-electron chi connectivity index (χ3n) is 2.91. The van der Waals surface area contributed by atoms with Crippen molar-refractivity contribution in [3.05, 3.63) is 29.8 Å². The molecule has 0 aromatic heterocycles. The smallest absolute Gasteiger partial charge is 0.423 e. The van der Waals surface area contributed by atoms with E-state index in [2.05, 4.69) is 6.92 Å². The predicted molar refractivity (Wildman–Crippen MR) is 52.9 cm³/mol. The summed E-state index contributed by atoms with van der Waals surface area (Å²) in [7, 11) is -1.35. The van der Waals surface area contributed by atoms with Crippen molar-refractivity contribution in [1.82, 2.24) is 0 Å². The lowest BCUT2D eigenvalue weighted by atomic mass is 9.79. The van der Waals surface area contributed by atoms with Crippen molar-refractivity contribution >= 4 is 12.6 Å². The van der Waals surface area contributed by atoms with Crippen LogP contribution in [0.1, 0.15) is 25.3 Å². The molecule has 68 valence electrons. The molecular formula is C10H13BO2. The summed E-state index contributed by atoms with van der Waals surface area (Å²) >= 11 is 0. The Kier molecular flexibility index (Phi) is 1.93. The Labute approximate surface area is 78.4 Å². The molecule has 2 nitrogen and oxygen atoms in total. The summed E-state index contributed by atoms with van der Waals surface area (Å²) in [6, 6.07) is 7.54. The first-order valence-corrected chi connectivity index (χ1v) is 4.58.